The summed E-state index contributed by atoms with van der Waals surface area (Å²) in [6.45, 7) is 1.46. The molecule has 0 bridgehead atoms. The number of hydrogen-bond acceptors (Lipinski definition) is 5. The molecule has 1 aromatic carbocycles. The van der Waals surface area contributed by atoms with Crippen molar-refractivity contribution in [1.82, 2.24) is 10.6 Å². The summed E-state index contributed by atoms with van der Waals surface area (Å²) in [6.07, 6.45) is 4.13. The maximum atomic E-state index is 12.0. The van der Waals surface area contributed by atoms with Crippen molar-refractivity contribution in [3.8, 4) is 5.75 Å². The molecule has 9 heteroatoms. The van der Waals surface area contributed by atoms with Gasteiger partial charge in [-0.25, -0.2) is 4.79 Å². The quantitative estimate of drug-likeness (QED) is 0.611. The minimum atomic E-state index is -0.990. The Morgan fingerprint density at radius 2 is 2.00 bits per heavy atom. The predicted octanol–water partition coefficient (Wildman–Crippen LogP) is 3.17. The van der Waals surface area contributed by atoms with E-state index >= 15 is 0 Å². The van der Waals surface area contributed by atoms with Crippen molar-refractivity contribution < 1.29 is 19.2 Å². The SMILES string of the molecule is C[C@@H](Oc1ccc([N+](=O)[O-])cc1Cl)C(=O)NC(=O)NC1CCCCC1. The Morgan fingerprint density at radius 1 is 1.32 bits per heavy atom. The number of amides is 3. The van der Waals surface area contributed by atoms with Crippen molar-refractivity contribution in [1.29, 1.82) is 0 Å². The van der Waals surface area contributed by atoms with Gasteiger partial charge in [0.05, 0.1) is 9.95 Å². The van der Waals surface area contributed by atoms with Crippen LogP contribution in [-0.2, 0) is 4.79 Å². The van der Waals surface area contributed by atoms with Gasteiger partial charge in [-0.2, -0.15) is 0 Å². The molecule has 0 heterocycles. The van der Waals surface area contributed by atoms with Gasteiger partial charge in [-0.3, -0.25) is 20.2 Å². The zero-order valence-corrected chi connectivity index (χ0v) is 14.5. The maximum Gasteiger partial charge on any atom is 0.321 e. The van der Waals surface area contributed by atoms with Gasteiger partial charge in [0.25, 0.3) is 11.6 Å². The van der Waals surface area contributed by atoms with Crippen LogP contribution < -0.4 is 15.4 Å². The molecule has 1 fully saturated rings. The Bertz CT molecular complexity index is 661. The second kappa shape index (κ2) is 8.66. The number of non-ortho nitro benzene ring substituents is 1. The minimum Gasteiger partial charge on any atom is -0.479 e. The zero-order chi connectivity index (χ0) is 18.4. The van der Waals surface area contributed by atoms with Gasteiger partial charge in [-0.1, -0.05) is 30.9 Å². The van der Waals surface area contributed by atoms with Crippen molar-refractivity contribution in [2.45, 2.75) is 51.2 Å². The van der Waals surface area contributed by atoms with Gasteiger partial charge in [0.2, 0.25) is 0 Å². The second-order valence-corrected chi connectivity index (χ2v) is 6.34. The number of nitro benzene ring substituents is 1. The van der Waals surface area contributed by atoms with E-state index in [2.05, 4.69) is 10.6 Å². The molecule has 0 aromatic heterocycles. The van der Waals surface area contributed by atoms with Crippen molar-refractivity contribution in [2.75, 3.05) is 0 Å². The Balaban J connectivity index is 1.87. The summed E-state index contributed by atoms with van der Waals surface area (Å²) in [5, 5.41) is 15.7. The van der Waals surface area contributed by atoms with Crippen LogP contribution in [0.5, 0.6) is 5.75 Å². The lowest BCUT2D eigenvalue weighted by atomic mass is 9.96. The molecule has 0 spiro atoms. The lowest BCUT2D eigenvalue weighted by Gasteiger charge is -2.23. The van der Waals surface area contributed by atoms with E-state index in [1.807, 2.05) is 0 Å². The van der Waals surface area contributed by atoms with E-state index in [0.717, 1.165) is 31.7 Å². The van der Waals surface area contributed by atoms with Crippen LogP contribution in [0.25, 0.3) is 0 Å². The molecule has 0 radical (unpaired) electrons. The normalized spacial score (nSPS) is 15.9. The number of rotatable bonds is 5. The summed E-state index contributed by atoms with van der Waals surface area (Å²) in [5.41, 5.74) is -0.179. The smallest absolute Gasteiger partial charge is 0.321 e. The number of nitrogens with one attached hydrogen (secondary N) is 2. The first kappa shape index (κ1) is 19.0. The third-order valence-corrected chi connectivity index (χ3v) is 4.27. The van der Waals surface area contributed by atoms with Crippen LogP contribution in [0.15, 0.2) is 18.2 Å². The third kappa shape index (κ3) is 5.60. The number of nitrogens with zero attached hydrogens (tertiary/aromatic N) is 1. The van der Waals surface area contributed by atoms with Gasteiger partial charge in [0.15, 0.2) is 6.10 Å². The average Bonchev–Trinajstić information content (AvgIpc) is 2.57. The molecule has 2 N–H and O–H groups in total. The molecule has 0 aliphatic heterocycles. The lowest BCUT2D eigenvalue weighted by Crippen LogP contribution is -2.48. The molecule has 1 atom stereocenters. The molecule has 2 rings (SSSR count). The average molecular weight is 370 g/mol. The molecule has 1 saturated carbocycles. The number of imide groups is 1. The van der Waals surface area contributed by atoms with E-state index in [9.17, 15) is 19.7 Å². The monoisotopic (exact) mass is 369 g/mol. The Hall–Kier alpha value is -2.35. The standard InChI is InChI=1S/C16H20ClN3O5/c1-10(25-14-8-7-12(20(23)24)9-13(14)17)15(21)19-16(22)18-11-5-3-2-4-6-11/h7-11H,2-6H2,1H3,(H2,18,19,21,22)/t10-/m1/s1. The highest BCUT2D eigenvalue weighted by Crippen LogP contribution is 2.29. The molecule has 1 aliphatic rings. The highest BCUT2D eigenvalue weighted by Gasteiger charge is 2.22. The van der Waals surface area contributed by atoms with Crippen LogP contribution in [0.3, 0.4) is 0 Å². The van der Waals surface area contributed by atoms with E-state index in [0.29, 0.717) is 0 Å². The first-order valence-corrected chi connectivity index (χ1v) is 8.46. The molecular weight excluding hydrogens is 350 g/mol. The summed E-state index contributed by atoms with van der Waals surface area (Å²) >= 11 is 5.92. The first-order valence-electron chi connectivity index (χ1n) is 8.09. The van der Waals surface area contributed by atoms with Crippen LogP contribution >= 0.6 is 11.6 Å². The van der Waals surface area contributed by atoms with E-state index in [1.165, 1.54) is 25.5 Å². The van der Waals surface area contributed by atoms with Crippen LogP contribution in [0.4, 0.5) is 10.5 Å². The van der Waals surface area contributed by atoms with Crippen LogP contribution in [-0.4, -0.2) is 29.0 Å². The Morgan fingerprint density at radius 3 is 2.60 bits per heavy atom. The maximum absolute atomic E-state index is 12.0. The van der Waals surface area contributed by atoms with E-state index in [-0.39, 0.29) is 22.5 Å². The topological polar surface area (TPSA) is 111 Å². The first-order chi connectivity index (χ1) is 11.9. The summed E-state index contributed by atoms with van der Waals surface area (Å²) in [4.78, 5) is 34.0. The molecule has 8 nitrogen and oxygen atoms in total. The number of benzene rings is 1. The van der Waals surface area contributed by atoms with Gasteiger partial charge in [-0.15, -0.1) is 0 Å². The van der Waals surface area contributed by atoms with Gasteiger partial charge < -0.3 is 10.1 Å². The number of urea groups is 1. The molecule has 25 heavy (non-hydrogen) atoms. The minimum absolute atomic E-state index is 0.0144. The zero-order valence-electron chi connectivity index (χ0n) is 13.8. The summed E-state index contributed by atoms with van der Waals surface area (Å²) in [7, 11) is 0. The third-order valence-electron chi connectivity index (χ3n) is 3.98. The second-order valence-electron chi connectivity index (χ2n) is 5.93. The summed E-state index contributed by atoms with van der Waals surface area (Å²) < 4.78 is 5.39. The number of halogens is 1. The predicted molar refractivity (Wildman–Crippen MR) is 91.7 cm³/mol. The van der Waals surface area contributed by atoms with Crippen molar-refractivity contribution in [2.24, 2.45) is 0 Å². The molecule has 0 saturated heterocycles. The molecule has 136 valence electrons. The number of carbonyl (C=O) groups excluding carboxylic acids is 2. The van der Waals surface area contributed by atoms with Crippen molar-refractivity contribution in [3.63, 3.8) is 0 Å². The number of ether oxygens (including phenoxy) is 1. The Kier molecular flexibility index (Phi) is 6.58. The highest BCUT2D eigenvalue weighted by atomic mass is 35.5. The molecule has 0 unspecified atom stereocenters. The fourth-order valence-electron chi connectivity index (χ4n) is 2.62. The van der Waals surface area contributed by atoms with Crippen molar-refractivity contribution >= 4 is 29.2 Å². The Labute approximate surface area is 150 Å². The van der Waals surface area contributed by atoms with E-state index in [4.69, 9.17) is 16.3 Å². The van der Waals surface area contributed by atoms with Gasteiger partial charge in [0.1, 0.15) is 5.75 Å². The number of hydrogen-bond donors (Lipinski definition) is 2. The van der Waals surface area contributed by atoms with Crippen LogP contribution in [0.1, 0.15) is 39.0 Å². The van der Waals surface area contributed by atoms with E-state index < -0.39 is 23.0 Å². The van der Waals surface area contributed by atoms with Gasteiger partial charge in [-0.05, 0) is 25.8 Å². The molecule has 1 aliphatic carbocycles. The number of nitro groups is 1. The van der Waals surface area contributed by atoms with E-state index in [1.54, 1.807) is 0 Å². The summed E-state index contributed by atoms with van der Waals surface area (Å²) in [5.74, 6) is -0.495. The van der Waals surface area contributed by atoms with Crippen LogP contribution in [0, 0.1) is 10.1 Å². The number of carbonyl (C=O) groups is 2. The largest absolute Gasteiger partial charge is 0.479 e. The molecular formula is C16H20ClN3O5. The lowest BCUT2D eigenvalue weighted by molar-refractivity contribution is -0.384. The van der Waals surface area contributed by atoms with Crippen molar-refractivity contribution in [3.05, 3.63) is 33.3 Å². The van der Waals surface area contributed by atoms with Crippen LogP contribution in [0.2, 0.25) is 5.02 Å². The molecule has 3 amide bonds. The van der Waals surface area contributed by atoms with Gasteiger partial charge >= 0.3 is 6.03 Å². The molecule has 1 aromatic rings. The highest BCUT2D eigenvalue weighted by molar-refractivity contribution is 6.32. The van der Waals surface area contributed by atoms with Gasteiger partial charge in [0, 0.05) is 18.2 Å². The summed E-state index contributed by atoms with van der Waals surface area (Å²) in [6, 6.07) is 3.20. The fourth-order valence-corrected chi connectivity index (χ4v) is 2.84. The fraction of sp³-hybridized carbons (Fsp3) is 0.500.